The maximum Gasteiger partial charge on any atom is 0.124 e. The molecule has 1 aromatic carbocycles. The molecule has 2 atom stereocenters. The number of halogens is 1. The summed E-state index contributed by atoms with van der Waals surface area (Å²) in [6.45, 7) is 8.73. The predicted molar refractivity (Wildman–Crippen MR) is 90.5 cm³/mol. The first-order chi connectivity index (χ1) is 10.5. The van der Waals surface area contributed by atoms with Crippen LogP contribution in [0.25, 0.3) is 10.9 Å². The normalized spacial score (nSPS) is 25.6. The molecule has 22 heavy (non-hydrogen) atoms. The van der Waals surface area contributed by atoms with Crippen LogP contribution < -0.4 is 0 Å². The van der Waals surface area contributed by atoms with Gasteiger partial charge in [0.25, 0.3) is 0 Å². The molecule has 116 valence electrons. The molecular formula is C18H21FN2S. The Bertz CT molecular complexity index is 715. The molecule has 2 nitrogen and oxygen atoms in total. The minimum absolute atomic E-state index is 0.113. The molecule has 0 saturated heterocycles. The molecule has 0 spiro atoms. The SMILES string of the molecule is C=C1CC(C)CC(CC)(Sc2ncnc3ccc(F)cc23)C1. The highest BCUT2D eigenvalue weighted by Crippen LogP contribution is 2.49. The zero-order valence-electron chi connectivity index (χ0n) is 13.1. The van der Waals surface area contributed by atoms with E-state index in [9.17, 15) is 4.39 Å². The van der Waals surface area contributed by atoms with Crippen molar-refractivity contribution in [1.29, 1.82) is 0 Å². The second-order valence-corrected chi connectivity index (χ2v) is 7.88. The van der Waals surface area contributed by atoms with Gasteiger partial charge >= 0.3 is 0 Å². The largest absolute Gasteiger partial charge is 0.236 e. The highest BCUT2D eigenvalue weighted by Gasteiger charge is 2.36. The summed E-state index contributed by atoms with van der Waals surface area (Å²) in [4.78, 5) is 8.69. The number of hydrogen-bond donors (Lipinski definition) is 0. The molecule has 2 unspecified atom stereocenters. The van der Waals surface area contributed by atoms with E-state index in [1.807, 2.05) is 0 Å². The second-order valence-electron chi connectivity index (χ2n) is 6.42. The Labute approximate surface area is 135 Å². The molecular weight excluding hydrogens is 295 g/mol. The molecule has 2 aromatic rings. The molecule has 3 rings (SSSR count). The average molecular weight is 316 g/mol. The van der Waals surface area contributed by atoms with Crippen LogP contribution in [0.2, 0.25) is 0 Å². The number of benzene rings is 1. The van der Waals surface area contributed by atoms with E-state index in [1.165, 1.54) is 11.6 Å². The summed E-state index contributed by atoms with van der Waals surface area (Å²) in [5.74, 6) is 0.398. The van der Waals surface area contributed by atoms with E-state index >= 15 is 0 Å². The minimum Gasteiger partial charge on any atom is -0.236 e. The summed E-state index contributed by atoms with van der Waals surface area (Å²) in [7, 11) is 0. The highest BCUT2D eigenvalue weighted by molar-refractivity contribution is 8.00. The van der Waals surface area contributed by atoms with Crippen LogP contribution in [0.1, 0.15) is 39.5 Å². The maximum absolute atomic E-state index is 13.6. The fourth-order valence-corrected chi connectivity index (χ4v) is 5.08. The van der Waals surface area contributed by atoms with Gasteiger partial charge in [0, 0.05) is 10.1 Å². The van der Waals surface area contributed by atoms with Crippen LogP contribution >= 0.6 is 11.8 Å². The molecule has 0 bridgehead atoms. The third-order valence-corrected chi connectivity index (χ3v) is 6.00. The molecule has 0 amide bonds. The van der Waals surface area contributed by atoms with Crippen LogP contribution in [0.4, 0.5) is 4.39 Å². The van der Waals surface area contributed by atoms with Crippen molar-refractivity contribution in [1.82, 2.24) is 9.97 Å². The predicted octanol–water partition coefficient (Wildman–Crippen LogP) is 5.39. The van der Waals surface area contributed by atoms with Crippen molar-refractivity contribution < 1.29 is 4.39 Å². The third-order valence-electron chi connectivity index (χ3n) is 4.45. The number of rotatable bonds is 3. The molecule has 0 radical (unpaired) electrons. The van der Waals surface area contributed by atoms with Gasteiger partial charge in [0.1, 0.15) is 17.2 Å². The Morgan fingerprint density at radius 1 is 1.41 bits per heavy atom. The number of allylic oxidation sites excluding steroid dienone is 1. The minimum atomic E-state index is -0.240. The van der Waals surface area contributed by atoms with E-state index in [-0.39, 0.29) is 10.6 Å². The summed E-state index contributed by atoms with van der Waals surface area (Å²) in [6.07, 6.45) is 5.91. The standard InChI is InChI=1S/C18H21FN2S/c1-4-18(9-12(2)7-13(3)10-18)22-17-15-8-14(19)5-6-16(15)20-11-21-17/h5-6,8,11,13H,2,4,7,9-10H2,1,3H3. The van der Waals surface area contributed by atoms with Crippen molar-refractivity contribution in [3.8, 4) is 0 Å². The number of nitrogens with zero attached hydrogens (tertiary/aromatic N) is 2. The van der Waals surface area contributed by atoms with Crippen molar-refractivity contribution in [3.05, 3.63) is 42.5 Å². The van der Waals surface area contributed by atoms with Crippen LogP contribution in [0.15, 0.2) is 41.7 Å². The van der Waals surface area contributed by atoms with Gasteiger partial charge < -0.3 is 0 Å². The van der Waals surface area contributed by atoms with Gasteiger partial charge in [0.15, 0.2) is 0 Å². The van der Waals surface area contributed by atoms with Crippen LogP contribution in [0, 0.1) is 11.7 Å². The third kappa shape index (κ3) is 3.02. The summed E-state index contributed by atoms with van der Waals surface area (Å²) in [6, 6.07) is 4.71. The fourth-order valence-electron chi connectivity index (χ4n) is 3.51. The second kappa shape index (κ2) is 5.99. The first-order valence-electron chi connectivity index (χ1n) is 7.77. The summed E-state index contributed by atoms with van der Waals surface area (Å²) in [5.41, 5.74) is 2.12. The number of thioether (sulfide) groups is 1. The molecule has 1 aliphatic carbocycles. The van der Waals surface area contributed by atoms with Crippen molar-refractivity contribution in [2.24, 2.45) is 5.92 Å². The monoisotopic (exact) mass is 316 g/mol. The van der Waals surface area contributed by atoms with Gasteiger partial charge in [-0.15, -0.1) is 0 Å². The molecule has 1 aliphatic rings. The lowest BCUT2D eigenvalue weighted by Gasteiger charge is -2.39. The smallest absolute Gasteiger partial charge is 0.124 e. The Balaban J connectivity index is 2.00. The Kier molecular flexibility index (Phi) is 4.22. The number of fused-ring (bicyclic) bond motifs is 1. The van der Waals surface area contributed by atoms with Gasteiger partial charge in [-0.1, -0.05) is 37.8 Å². The Morgan fingerprint density at radius 3 is 2.95 bits per heavy atom. The van der Waals surface area contributed by atoms with Crippen LogP contribution in [0.3, 0.4) is 0 Å². The van der Waals surface area contributed by atoms with Crippen LogP contribution in [-0.2, 0) is 0 Å². The Morgan fingerprint density at radius 2 is 2.23 bits per heavy atom. The summed E-state index contributed by atoms with van der Waals surface area (Å²) < 4.78 is 13.7. The molecule has 1 heterocycles. The molecule has 1 fully saturated rings. The first kappa shape index (κ1) is 15.5. The van der Waals surface area contributed by atoms with Crippen LogP contribution in [-0.4, -0.2) is 14.7 Å². The maximum atomic E-state index is 13.6. The Hall–Kier alpha value is -1.42. The topological polar surface area (TPSA) is 25.8 Å². The lowest BCUT2D eigenvalue weighted by Crippen LogP contribution is -2.31. The molecule has 0 N–H and O–H groups in total. The van der Waals surface area contributed by atoms with E-state index in [1.54, 1.807) is 30.2 Å². The van der Waals surface area contributed by atoms with Gasteiger partial charge in [0.2, 0.25) is 0 Å². The van der Waals surface area contributed by atoms with Crippen molar-refractivity contribution in [2.75, 3.05) is 0 Å². The fraction of sp³-hybridized carbons (Fsp3) is 0.444. The van der Waals surface area contributed by atoms with Gasteiger partial charge in [-0.05, 0) is 49.8 Å². The van der Waals surface area contributed by atoms with Crippen molar-refractivity contribution >= 4 is 22.7 Å². The average Bonchev–Trinajstić information content (AvgIpc) is 2.47. The molecule has 4 heteroatoms. The van der Waals surface area contributed by atoms with E-state index in [0.29, 0.717) is 5.92 Å². The molecule has 1 aromatic heterocycles. The number of aromatic nitrogens is 2. The van der Waals surface area contributed by atoms with E-state index in [4.69, 9.17) is 0 Å². The van der Waals surface area contributed by atoms with E-state index < -0.39 is 0 Å². The zero-order chi connectivity index (χ0) is 15.7. The van der Waals surface area contributed by atoms with Gasteiger partial charge in [-0.3, -0.25) is 0 Å². The van der Waals surface area contributed by atoms with Gasteiger partial charge in [0.05, 0.1) is 5.52 Å². The first-order valence-corrected chi connectivity index (χ1v) is 8.59. The van der Waals surface area contributed by atoms with E-state index in [2.05, 4.69) is 30.4 Å². The van der Waals surface area contributed by atoms with Gasteiger partial charge in [-0.2, -0.15) is 0 Å². The van der Waals surface area contributed by atoms with E-state index in [0.717, 1.165) is 41.6 Å². The lowest BCUT2D eigenvalue weighted by molar-refractivity contribution is 0.363. The van der Waals surface area contributed by atoms with Crippen LogP contribution in [0.5, 0.6) is 0 Å². The highest BCUT2D eigenvalue weighted by atomic mass is 32.2. The zero-order valence-corrected chi connectivity index (χ0v) is 13.9. The molecule has 1 saturated carbocycles. The summed E-state index contributed by atoms with van der Waals surface area (Å²) in [5, 5.41) is 1.69. The number of hydrogen-bond acceptors (Lipinski definition) is 3. The van der Waals surface area contributed by atoms with Gasteiger partial charge in [-0.25, -0.2) is 14.4 Å². The van der Waals surface area contributed by atoms with Crippen molar-refractivity contribution in [2.45, 2.75) is 49.3 Å². The summed E-state index contributed by atoms with van der Waals surface area (Å²) >= 11 is 1.78. The van der Waals surface area contributed by atoms with Crippen molar-refractivity contribution in [3.63, 3.8) is 0 Å². The quantitative estimate of drug-likeness (QED) is 0.561. The molecule has 0 aliphatic heterocycles. The lowest BCUT2D eigenvalue weighted by atomic mass is 9.78.